The molecule has 1 aromatic carbocycles. The zero-order valence-electron chi connectivity index (χ0n) is 14.6. The number of amides is 2. The van der Waals surface area contributed by atoms with Crippen molar-refractivity contribution in [2.24, 2.45) is 0 Å². The highest BCUT2D eigenvalue weighted by Crippen LogP contribution is 2.31. The van der Waals surface area contributed by atoms with Gasteiger partial charge in [0.05, 0.1) is 18.7 Å². The average molecular weight is 369 g/mol. The number of hydrogen-bond donors (Lipinski definition) is 1. The van der Waals surface area contributed by atoms with Crippen molar-refractivity contribution < 1.29 is 23.9 Å². The molecule has 0 atom stereocenters. The fourth-order valence-corrected chi connectivity index (χ4v) is 2.61. The van der Waals surface area contributed by atoms with Crippen molar-refractivity contribution >= 4 is 23.5 Å². The Balaban J connectivity index is 1.40. The Morgan fingerprint density at radius 3 is 2.78 bits per heavy atom. The highest BCUT2D eigenvalue weighted by atomic mass is 16.5. The summed E-state index contributed by atoms with van der Waals surface area (Å²) in [6.45, 7) is 0.421. The van der Waals surface area contributed by atoms with Crippen LogP contribution in [0.1, 0.15) is 16.8 Å². The van der Waals surface area contributed by atoms with Crippen LogP contribution < -0.4 is 15.0 Å². The molecule has 27 heavy (non-hydrogen) atoms. The maximum Gasteiger partial charge on any atom is 0.307 e. The fourth-order valence-electron chi connectivity index (χ4n) is 2.61. The molecule has 8 heteroatoms. The first-order valence-corrected chi connectivity index (χ1v) is 8.51. The van der Waals surface area contributed by atoms with E-state index in [1.54, 1.807) is 30.3 Å². The highest BCUT2D eigenvalue weighted by Gasteiger charge is 2.25. The SMILES string of the molecule is O=C(CCN1C(=O)COc2ccccc21)OCCNC(=O)c1ccncc1. The van der Waals surface area contributed by atoms with Crippen LogP contribution in [0.15, 0.2) is 48.8 Å². The zero-order chi connectivity index (χ0) is 19.1. The number of anilines is 1. The van der Waals surface area contributed by atoms with E-state index in [2.05, 4.69) is 10.3 Å². The van der Waals surface area contributed by atoms with Crippen LogP contribution in [-0.2, 0) is 14.3 Å². The monoisotopic (exact) mass is 369 g/mol. The molecule has 0 aliphatic carbocycles. The Kier molecular flexibility index (Phi) is 5.98. The van der Waals surface area contributed by atoms with Crippen LogP contribution >= 0.6 is 0 Å². The van der Waals surface area contributed by atoms with E-state index >= 15 is 0 Å². The molecule has 0 saturated heterocycles. The minimum atomic E-state index is -0.440. The highest BCUT2D eigenvalue weighted by molar-refractivity contribution is 5.98. The van der Waals surface area contributed by atoms with Crippen LogP contribution in [0.3, 0.4) is 0 Å². The summed E-state index contributed by atoms with van der Waals surface area (Å²) in [5.41, 5.74) is 1.13. The molecule has 0 saturated carbocycles. The van der Waals surface area contributed by atoms with Crippen LogP contribution in [0.25, 0.3) is 0 Å². The van der Waals surface area contributed by atoms with E-state index in [9.17, 15) is 14.4 Å². The first-order valence-electron chi connectivity index (χ1n) is 8.51. The second-order valence-corrected chi connectivity index (χ2v) is 5.76. The molecule has 1 aliphatic rings. The van der Waals surface area contributed by atoms with Gasteiger partial charge in [0.15, 0.2) is 6.61 Å². The summed E-state index contributed by atoms with van der Waals surface area (Å²) in [4.78, 5) is 41.1. The van der Waals surface area contributed by atoms with Crippen molar-refractivity contribution in [1.82, 2.24) is 10.3 Å². The molecule has 8 nitrogen and oxygen atoms in total. The van der Waals surface area contributed by atoms with Crippen molar-refractivity contribution in [3.8, 4) is 5.75 Å². The van der Waals surface area contributed by atoms with Gasteiger partial charge in [0.25, 0.3) is 11.8 Å². The fraction of sp³-hybridized carbons (Fsp3) is 0.263. The Hall–Kier alpha value is -3.42. The van der Waals surface area contributed by atoms with E-state index < -0.39 is 5.97 Å². The van der Waals surface area contributed by atoms with Crippen LogP contribution in [0.2, 0.25) is 0 Å². The van der Waals surface area contributed by atoms with Crippen molar-refractivity contribution in [3.05, 3.63) is 54.4 Å². The number of para-hydroxylation sites is 2. The number of aromatic nitrogens is 1. The zero-order valence-corrected chi connectivity index (χ0v) is 14.6. The van der Waals surface area contributed by atoms with Gasteiger partial charge in [-0.2, -0.15) is 0 Å². The van der Waals surface area contributed by atoms with E-state index in [4.69, 9.17) is 9.47 Å². The van der Waals surface area contributed by atoms with Crippen LogP contribution in [0.5, 0.6) is 5.75 Å². The van der Waals surface area contributed by atoms with Gasteiger partial charge < -0.3 is 19.7 Å². The van der Waals surface area contributed by atoms with Gasteiger partial charge in [0.2, 0.25) is 0 Å². The van der Waals surface area contributed by atoms with Gasteiger partial charge in [-0.1, -0.05) is 12.1 Å². The largest absolute Gasteiger partial charge is 0.482 e. The maximum atomic E-state index is 12.0. The van der Waals surface area contributed by atoms with Crippen LogP contribution in [0, 0.1) is 0 Å². The van der Waals surface area contributed by atoms with Gasteiger partial charge in [-0.15, -0.1) is 0 Å². The topological polar surface area (TPSA) is 97.8 Å². The Labute approximate surface area is 156 Å². The third-order valence-corrected chi connectivity index (χ3v) is 3.94. The number of benzene rings is 1. The standard InChI is InChI=1S/C19H19N3O5/c23-17-13-27-16-4-2-1-3-15(16)22(17)11-7-18(24)26-12-10-21-19(25)14-5-8-20-9-6-14/h1-6,8-9H,7,10-13H2,(H,21,25). The number of esters is 1. The molecule has 1 aromatic heterocycles. The third kappa shape index (κ3) is 4.81. The predicted octanol–water partition coefficient (Wildman–Crippen LogP) is 1.17. The molecule has 2 amide bonds. The van der Waals surface area contributed by atoms with E-state index in [-0.39, 0.29) is 44.5 Å². The van der Waals surface area contributed by atoms with Crippen molar-refractivity contribution in [2.75, 3.05) is 31.2 Å². The number of fused-ring (bicyclic) bond motifs is 1. The summed E-state index contributed by atoms with van der Waals surface area (Å²) in [6.07, 6.45) is 3.11. The first kappa shape index (κ1) is 18.4. The van der Waals surface area contributed by atoms with Gasteiger partial charge in [0.1, 0.15) is 12.4 Å². The van der Waals surface area contributed by atoms with Gasteiger partial charge in [0, 0.05) is 24.5 Å². The van der Waals surface area contributed by atoms with Gasteiger partial charge in [-0.3, -0.25) is 19.4 Å². The van der Waals surface area contributed by atoms with E-state index in [0.717, 1.165) is 0 Å². The molecule has 1 N–H and O–H groups in total. The minimum Gasteiger partial charge on any atom is -0.482 e. The quantitative estimate of drug-likeness (QED) is 0.581. The molecular formula is C19H19N3O5. The summed E-state index contributed by atoms with van der Waals surface area (Å²) in [6, 6.07) is 10.4. The summed E-state index contributed by atoms with van der Waals surface area (Å²) in [5.74, 6) is -0.288. The molecule has 3 rings (SSSR count). The predicted molar refractivity (Wildman–Crippen MR) is 96.4 cm³/mol. The number of nitrogens with one attached hydrogen (secondary N) is 1. The summed E-state index contributed by atoms with van der Waals surface area (Å²) < 4.78 is 10.5. The summed E-state index contributed by atoms with van der Waals surface area (Å²) in [7, 11) is 0. The molecular weight excluding hydrogens is 350 g/mol. The lowest BCUT2D eigenvalue weighted by Crippen LogP contribution is -2.40. The average Bonchev–Trinajstić information content (AvgIpc) is 2.71. The maximum absolute atomic E-state index is 12.0. The van der Waals surface area contributed by atoms with Crippen LogP contribution in [0.4, 0.5) is 5.69 Å². The van der Waals surface area contributed by atoms with E-state index in [0.29, 0.717) is 17.0 Å². The normalized spacial score (nSPS) is 12.7. The number of hydrogen-bond acceptors (Lipinski definition) is 6. The minimum absolute atomic E-state index is 0.0485. The summed E-state index contributed by atoms with van der Waals surface area (Å²) in [5, 5.41) is 2.65. The number of nitrogens with zero attached hydrogens (tertiary/aromatic N) is 2. The second-order valence-electron chi connectivity index (χ2n) is 5.76. The van der Waals surface area contributed by atoms with Crippen molar-refractivity contribution in [1.29, 1.82) is 0 Å². The molecule has 0 bridgehead atoms. The number of carbonyl (C=O) groups is 3. The van der Waals surface area contributed by atoms with Crippen molar-refractivity contribution in [2.45, 2.75) is 6.42 Å². The number of carbonyl (C=O) groups excluding carboxylic acids is 3. The second kappa shape index (κ2) is 8.79. The van der Waals surface area contributed by atoms with E-state index in [1.807, 2.05) is 6.07 Å². The lowest BCUT2D eigenvalue weighted by atomic mass is 10.2. The molecule has 2 aromatic rings. The molecule has 0 spiro atoms. The Morgan fingerprint density at radius 2 is 1.96 bits per heavy atom. The van der Waals surface area contributed by atoms with Gasteiger partial charge in [-0.05, 0) is 24.3 Å². The first-order chi connectivity index (χ1) is 13.1. The van der Waals surface area contributed by atoms with Gasteiger partial charge >= 0.3 is 5.97 Å². The number of ether oxygens (including phenoxy) is 2. The number of pyridine rings is 1. The van der Waals surface area contributed by atoms with Gasteiger partial charge in [-0.25, -0.2) is 0 Å². The third-order valence-electron chi connectivity index (χ3n) is 3.94. The Bertz CT molecular complexity index is 825. The number of rotatable bonds is 7. The lowest BCUT2D eigenvalue weighted by Gasteiger charge is -2.28. The molecule has 0 radical (unpaired) electrons. The smallest absolute Gasteiger partial charge is 0.307 e. The molecule has 1 aliphatic heterocycles. The van der Waals surface area contributed by atoms with Crippen molar-refractivity contribution in [3.63, 3.8) is 0 Å². The lowest BCUT2D eigenvalue weighted by molar-refractivity contribution is -0.143. The van der Waals surface area contributed by atoms with Crippen LogP contribution in [-0.4, -0.2) is 49.1 Å². The van der Waals surface area contributed by atoms with E-state index in [1.165, 1.54) is 17.3 Å². The molecule has 2 heterocycles. The molecule has 0 unspecified atom stereocenters. The molecule has 140 valence electrons. The molecule has 0 fully saturated rings. The Morgan fingerprint density at radius 1 is 1.19 bits per heavy atom. The summed E-state index contributed by atoms with van der Waals surface area (Å²) >= 11 is 0.